The second-order valence-corrected chi connectivity index (χ2v) is 5.16. The number of hydrogen-bond donors (Lipinski definition) is 1. The van der Waals surface area contributed by atoms with Gasteiger partial charge in [-0.1, -0.05) is 30.3 Å². The van der Waals surface area contributed by atoms with Crippen LogP contribution in [0.4, 0.5) is 0 Å². The van der Waals surface area contributed by atoms with Gasteiger partial charge in [0.1, 0.15) is 5.58 Å². The number of rotatable bonds is 3. The predicted molar refractivity (Wildman–Crippen MR) is 86.8 cm³/mol. The van der Waals surface area contributed by atoms with E-state index in [1.807, 2.05) is 55.5 Å². The van der Waals surface area contributed by atoms with Crippen molar-refractivity contribution in [2.75, 3.05) is 0 Å². The Morgan fingerprint density at radius 1 is 1.27 bits per heavy atom. The summed E-state index contributed by atoms with van der Waals surface area (Å²) in [5, 5.41) is 19.8. The molecule has 108 valence electrons. The summed E-state index contributed by atoms with van der Waals surface area (Å²) in [7, 11) is 0. The van der Waals surface area contributed by atoms with E-state index >= 15 is 0 Å². The molecule has 0 spiro atoms. The molecule has 22 heavy (non-hydrogen) atoms. The third kappa shape index (κ3) is 2.52. The molecular weight excluding hydrogens is 274 g/mol. The molecule has 3 heteroatoms. The van der Waals surface area contributed by atoms with Crippen LogP contribution in [0, 0.1) is 18.3 Å². The Bertz CT molecular complexity index is 897. The van der Waals surface area contributed by atoms with Crippen molar-refractivity contribution in [3.8, 4) is 6.07 Å². The van der Waals surface area contributed by atoms with Crippen molar-refractivity contribution >= 4 is 22.6 Å². The van der Waals surface area contributed by atoms with Crippen LogP contribution < -0.4 is 0 Å². The highest BCUT2D eigenvalue weighted by Crippen LogP contribution is 2.26. The van der Waals surface area contributed by atoms with Crippen molar-refractivity contribution in [3.05, 3.63) is 71.0 Å². The van der Waals surface area contributed by atoms with Gasteiger partial charge in [0.2, 0.25) is 0 Å². The van der Waals surface area contributed by atoms with Crippen molar-refractivity contribution in [1.82, 2.24) is 0 Å². The number of benzene rings is 2. The number of aryl methyl sites for hydroxylation is 1. The summed E-state index contributed by atoms with van der Waals surface area (Å²) < 4.78 is 5.50. The zero-order chi connectivity index (χ0) is 15.5. The van der Waals surface area contributed by atoms with Gasteiger partial charge in [0.15, 0.2) is 0 Å². The first-order valence-corrected chi connectivity index (χ1v) is 7.01. The van der Waals surface area contributed by atoms with Gasteiger partial charge >= 0.3 is 0 Å². The van der Waals surface area contributed by atoms with Crippen molar-refractivity contribution in [3.63, 3.8) is 0 Å². The first kappa shape index (κ1) is 14.1. The maximum atomic E-state index is 9.47. The molecule has 0 saturated heterocycles. The number of hydrogen-bond acceptors (Lipinski definition) is 3. The third-order valence-electron chi connectivity index (χ3n) is 3.76. The van der Waals surface area contributed by atoms with E-state index in [0.717, 1.165) is 33.2 Å². The number of para-hydroxylation sites is 1. The van der Waals surface area contributed by atoms with Crippen molar-refractivity contribution in [2.45, 2.75) is 13.5 Å². The number of fused-ring (bicyclic) bond motifs is 1. The molecule has 1 aromatic heterocycles. The summed E-state index contributed by atoms with van der Waals surface area (Å²) in [6.07, 6.45) is 3.47. The van der Waals surface area contributed by atoms with Gasteiger partial charge in [0.25, 0.3) is 0 Å². The lowest BCUT2D eigenvalue weighted by molar-refractivity contribution is 0.281. The first-order chi connectivity index (χ1) is 10.7. The van der Waals surface area contributed by atoms with Crippen LogP contribution in [0.15, 0.2) is 53.1 Å². The lowest BCUT2D eigenvalue weighted by Gasteiger charge is -2.05. The zero-order valence-corrected chi connectivity index (χ0v) is 12.2. The van der Waals surface area contributed by atoms with Crippen molar-refractivity contribution in [2.24, 2.45) is 0 Å². The van der Waals surface area contributed by atoms with Crippen LogP contribution in [-0.4, -0.2) is 5.11 Å². The normalized spacial score (nSPS) is 11.6. The Kier molecular flexibility index (Phi) is 3.78. The van der Waals surface area contributed by atoms with E-state index in [-0.39, 0.29) is 6.61 Å². The summed E-state index contributed by atoms with van der Waals surface area (Å²) in [5.41, 5.74) is 4.85. The summed E-state index contributed by atoms with van der Waals surface area (Å²) >= 11 is 0. The van der Waals surface area contributed by atoms with E-state index in [1.54, 1.807) is 6.26 Å². The maximum Gasteiger partial charge on any atom is 0.134 e. The number of allylic oxidation sites excluding steroid dienone is 1. The van der Waals surface area contributed by atoms with Gasteiger partial charge in [-0.05, 0) is 41.8 Å². The Morgan fingerprint density at radius 3 is 2.86 bits per heavy atom. The molecule has 0 bridgehead atoms. The average molecular weight is 289 g/mol. The van der Waals surface area contributed by atoms with E-state index in [4.69, 9.17) is 4.42 Å². The molecule has 0 atom stereocenters. The molecule has 0 fully saturated rings. The van der Waals surface area contributed by atoms with Crippen molar-refractivity contribution in [1.29, 1.82) is 5.26 Å². The molecule has 0 radical (unpaired) electrons. The summed E-state index contributed by atoms with van der Waals surface area (Å²) in [4.78, 5) is 0. The highest BCUT2D eigenvalue weighted by molar-refractivity contribution is 5.97. The van der Waals surface area contributed by atoms with Gasteiger partial charge in [-0.2, -0.15) is 5.26 Å². The molecule has 0 aliphatic heterocycles. The molecule has 0 saturated carbocycles. The van der Waals surface area contributed by atoms with E-state index in [0.29, 0.717) is 5.57 Å². The monoisotopic (exact) mass is 289 g/mol. The quantitative estimate of drug-likeness (QED) is 0.731. The summed E-state index contributed by atoms with van der Waals surface area (Å²) in [5.74, 6) is 0. The Hall–Kier alpha value is -2.83. The third-order valence-corrected chi connectivity index (χ3v) is 3.76. The zero-order valence-electron chi connectivity index (χ0n) is 12.2. The van der Waals surface area contributed by atoms with Crippen LogP contribution >= 0.6 is 0 Å². The second kappa shape index (κ2) is 5.88. The van der Waals surface area contributed by atoms with Crippen LogP contribution in [0.5, 0.6) is 0 Å². The minimum Gasteiger partial charge on any atom is -0.464 e. The van der Waals surface area contributed by atoms with Gasteiger partial charge in [-0.25, -0.2) is 0 Å². The van der Waals surface area contributed by atoms with Crippen LogP contribution in [0.25, 0.3) is 22.6 Å². The molecule has 1 heterocycles. The minimum atomic E-state index is -0.0347. The lowest BCUT2D eigenvalue weighted by atomic mass is 9.99. The second-order valence-electron chi connectivity index (χ2n) is 5.16. The molecular formula is C19H15NO2. The topological polar surface area (TPSA) is 57.2 Å². The molecule has 0 amide bonds. The fraction of sp³-hybridized carbons (Fsp3) is 0.105. The van der Waals surface area contributed by atoms with Crippen LogP contribution in [0.2, 0.25) is 0 Å². The number of aliphatic hydroxyl groups is 1. The SMILES string of the molecule is Cc1ccc(/C(C#N)=C/c2coc3ccccc23)cc1CO. The maximum absolute atomic E-state index is 9.47. The summed E-state index contributed by atoms with van der Waals surface area (Å²) in [6, 6.07) is 15.6. The lowest BCUT2D eigenvalue weighted by Crippen LogP contribution is -1.91. The minimum absolute atomic E-state index is 0.0347. The van der Waals surface area contributed by atoms with Crippen LogP contribution in [0.1, 0.15) is 22.3 Å². The fourth-order valence-corrected chi connectivity index (χ4v) is 2.46. The number of furan rings is 1. The van der Waals surface area contributed by atoms with E-state index in [1.165, 1.54) is 0 Å². The Morgan fingerprint density at radius 2 is 2.09 bits per heavy atom. The van der Waals surface area contributed by atoms with Crippen LogP contribution in [-0.2, 0) is 6.61 Å². The van der Waals surface area contributed by atoms with Gasteiger partial charge in [0, 0.05) is 10.9 Å². The van der Waals surface area contributed by atoms with Gasteiger partial charge in [-0.3, -0.25) is 0 Å². The smallest absolute Gasteiger partial charge is 0.134 e. The molecule has 1 N–H and O–H groups in total. The van der Waals surface area contributed by atoms with Crippen molar-refractivity contribution < 1.29 is 9.52 Å². The average Bonchev–Trinajstić information content (AvgIpc) is 2.96. The standard InChI is InChI=1S/C19H15NO2/c1-13-6-7-14(8-16(13)11-21)15(10-20)9-17-12-22-19-5-3-2-4-18(17)19/h2-9,12,21H,11H2,1H3/b15-9+. The highest BCUT2D eigenvalue weighted by atomic mass is 16.3. The molecule has 0 unspecified atom stereocenters. The molecule has 0 aliphatic carbocycles. The molecule has 3 rings (SSSR count). The predicted octanol–water partition coefficient (Wildman–Crippen LogP) is 4.30. The fourth-order valence-electron chi connectivity index (χ4n) is 2.46. The van der Waals surface area contributed by atoms with Gasteiger partial charge < -0.3 is 9.52 Å². The Labute approximate surface area is 128 Å². The largest absolute Gasteiger partial charge is 0.464 e. The molecule has 0 aliphatic rings. The first-order valence-electron chi connectivity index (χ1n) is 7.01. The summed E-state index contributed by atoms with van der Waals surface area (Å²) in [6.45, 7) is 1.90. The van der Waals surface area contributed by atoms with Gasteiger partial charge in [-0.15, -0.1) is 0 Å². The van der Waals surface area contributed by atoms with Gasteiger partial charge in [0.05, 0.1) is 24.5 Å². The number of aliphatic hydroxyl groups excluding tert-OH is 1. The molecule has 3 nitrogen and oxygen atoms in total. The number of nitrogens with zero attached hydrogens (tertiary/aromatic N) is 1. The molecule has 3 aromatic rings. The van der Waals surface area contributed by atoms with Crippen LogP contribution in [0.3, 0.4) is 0 Å². The van der Waals surface area contributed by atoms with E-state index in [2.05, 4.69) is 6.07 Å². The number of nitriles is 1. The van der Waals surface area contributed by atoms with E-state index in [9.17, 15) is 10.4 Å². The highest BCUT2D eigenvalue weighted by Gasteiger charge is 2.08. The van der Waals surface area contributed by atoms with E-state index < -0.39 is 0 Å². The Balaban J connectivity index is 2.10. The molecule has 2 aromatic carbocycles.